The lowest BCUT2D eigenvalue weighted by molar-refractivity contribution is -0.120. The highest BCUT2D eigenvalue weighted by Crippen LogP contribution is 2.20. The van der Waals surface area contributed by atoms with Gasteiger partial charge in [0.05, 0.1) is 24.2 Å². The van der Waals surface area contributed by atoms with Crippen LogP contribution in [0.25, 0.3) is 0 Å². The molecule has 0 radical (unpaired) electrons. The fourth-order valence-electron chi connectivity index (χ4n) is 2.07. The van der Waals surface area contributed by atoms with E-state index in [4.69, 9.17) is 23.2 Å². The van der Waals surface area contributed by atoms with Crippen LogP contribution in [-0.4, -0.2) is 31.6 Å². The Morgan fingerprint density at radius 3 is 2.33 bits per heavy atom. The summed E-state index contributed by atoms with van der Waals surface area (Å²) in [5.74, 6) is -0.824. The van der Waals surface area contributed by atoms with Gasteiger partial charge in [-0.2, -0.15) is 0 Å². The second-order valence-electron chi connectivity index (χ2n) is 5.40. The predicted molar refractivity (Wildman–Crippen MR) is 103 cm³/mol. The van der Waals surface area contributed by atoms with Crippen molar-refractivity contribution in [1.29, 1.82) is 0 Å². The normalized spacial score (nSPS) is 10.0. The fraction of sp³-hybridized carbons (Fsp3) is 0.167. The molecule has 0 unspecified atom stereocenters. The zero-order chi connectivity index (χ0) is 19.8. The molecule has 0 aromatic heterocycles. The third kappa shape index (κ3) is 6.47. The molecule has 0 aliphatic carbocycles. The monoisotopic (exact) mass is 409 g/mol. The van der Waals surface area contributed by atoms with Crippen molar-refractivity contribution in [1.82, 2.24) is 10.6 Å². The molecule has 3 amide bonds. The number of carbonyl (C=O) groups excluding carboxylic acids is 3. The highest BCUT2D eigenvalue weighted by Gasteiger charge is 2.12. The van der Waals surface area contributed by atoms with Crippen LogP contribution in [0.3, 0.4) is 0 Å². The fourth-order valence-corrected chi connectivity index (χ4v) is 2.56. The van der Waals surface area contributed by atoms with E-state index in [1.54, 1.807) is 30.3 Å². The van der Waals surface area contributed by atoms with Gasteiger partial charge in [-0.05, 0) is 35.9 Å². The highest BCUT2D eigenvalue weighted by atomic mass is 35.5. The summed E-state index contributed by atoms with van der Waals surface area (Å²) in [6, 6.07) is 11.3. The number of ether oxygens (including phenoxy) is 1. The number of hydrogen-bond donors (Lipinski definition) is 3. The largest absolute Gasteiger partial charge is 0.453 e. The summed E-state index contributed by atoms with van der Waals surface area (Å²) in [6.07, 6.45) is -0.562. The van der Waals surface area contributed by atoms with E-state index in [9.17, 15) is 14.4 Å². The van der Waals surface area contributed by atoms with Gasteiger partial charge in [-0.25, -0.2) is 4.79 Å². The van der Waals surface area contributed by atoms with Crippen molar-refractivity contribution in [3.63, 3.8) is 0 Å². The molecule has 0 saturated heterocycles. The molecule has 0 heterocycles. The topological polar surface area (TPSA) is 96.5 Å². The Bertz CT molecular complexity index is 841. The summed E-state index contributed by atoms with van der Waals surface area (Å²) in [6.45, 7) is 0.0781. The van der Waals surface area contributed by atoms with Crippen molar-refractivity contribution in [3.8, 4) is 0 Å². The van der Waals surface area contributed by atoms with Crippen molar-refractivity contribution in [2.75, 3.05) is 19.0 Å². The molecule has 0 atom stereocenters. The van der Waals surface area contributed by atoms with Crippen LogP contribution in [0, 0.1) is 0 Å². The van der Waals surface area contributed by atoms with Crippen molar-refractivity contribution < 1.29 is 19.1 Å². The van der Waals surface area contributed by atoms with E-state index in [1.807, 2.05) is 0 Å². The van der Waals surface area contributed by atoms with Crippen LogP contribution in [-0.2, 0) is 16.1 Å². The molecule has 2 aromatic carbocycles. The van der Waals surface area contributed by atoms with Crippen molar-refractivity contribution >= 4 is 46.8 Å². The SMILES string of the molecule is COC(=O)Nc1ccc(CNC(=O)CNC(=O)c2ccc(Cl)cc2Cl)cc1. The Balaban J connectivity index is 1.79. The molecule has 7 nitrogen and oxygen atoms in total. The first kappa shape index (κ1) is 20.5. The second-order valence-corrected chi connectivity index (χ2v) is 6.24. The van der Waals surface area contributed by atoms with Gasteiger partial charge in [-0.3, -0.25) is 14.9 Å². The van der Waals surface area contributed by atoms with Gasteiger partial charge in [0, 0.05) is 17.3 Å². The molecule has 3 N–H and O–H groups in total. The zero-order valence-corrected chi connectivity index (χ0v) is 15.9. The van der Waals surface area contributed by atoms with E-state index >= 15 is 0 Å². The van der Waals surface area contributed by atoms with Gasteiger partial charge >= 0.3 is 6.09 Å². The highest BCUT2D eigenvalue weighted by molar-refractivity contribution is 6.36. The summed E-state index contributed by atoms with van der Waals surface area (Å²) >= 11 is 11.7. The van der Waals surface area contributed by atoms with Crippen molar-refractivity contribution in [3.05, 3.63) is 63.6 Å². The molecule has 0 aliphatic heterocycles. The lowest BCUT2D eigenvalue weighted by Gasteiger charge is -2.09. The Hall–Kier alpha value is -2.77. The van der Waals surface area contributed by atoms with E-state index in [2.05, 4.69) is 20.7 Å². The van der Waals surface area contributed by atoms with E-state index in [-0.39, 0.29) is 29.6 Å². The maximum absolute atomic E-state index is 12.0. The minimum absolute atomic E-state index is 0.195. The number of anilines is 1. The number of halogens is 2. The van der Waals surface area contributed by atoms with E-state index in [0.29, 0.717) is 10.7 Å². The number of hydrogen-bond acceptors (Lipinski definition) is 4. The molecule has 2 aromatic rings. The molecule has 27 heavy (non-hydrogen) atoms. The summed E-state index contributed by atoms with van der Waals surface area (Å²) < 4.78 is 4.50. The third-order valence-corrected chi connectivity index (χ3v) is 4.01. The number of amides is 3. The number of nitrogens with one attached hydrogen (secondary N) is 3. The van der Waals surface area contributed by atoms with Gasteiger partial charge in [0.15, 0.2) is 0 Å². The van der Waals surface area contributed by atoms with Gasteiger partial charge in [0.25, 0.3) is 5.91 Å². The molecular formula is C18H17Cl2N3O4. The minimum atomic E-state index is -0.562. The summed E-state index contributed by atoms with van der Waals surface area (Å²) in [7, 11) is 1.28. The first-order valence-electron chi connectivity index (χ1n) is 7.83. The van der Waals surface area contributed by atoms with Crippen molar-refractivity contribution in [2.45, 2.75) is 6.54 Å². The van der Waals surface area contributed by atoms with Crippen LogP contribution in [0.15, 0.2) is 42.5 Å². The number of benzene rings is 2. The number of methoxy groups -OCH3 is 1. The van der Waals surface area contributed by atoms with Gasteiger partial charge in [-0.1, -0.05) is 35.3 Å². The molecule has 2 rings (SSSR count). The lowest BCUT2D eigenvalue weighted by Crippen LogP contribution is -2.36. The van der Waals surface area contributed by atoms with E-state index in [0.717, 1.165) is 5.56 Å². The molecule has 0 saturated carbocycles. The van der Waals surface area contributed by atoms with E-state index < -0.39 is 12.0 Å². The van der Waals surface area contributed by atoms with E-state index in [1.165, 1.54) is 19.2 Å². The zero-order valence-electron chi connectivity index (χ0n) is 14.3. The lowest BCUT2D eigenvalue weighted by atomic mass is 10.2. The van der Waals surface area contributed by atoms with Gasteiger partial charge in [-0.15, -0.1) is 0 Å². The summed E-state index contributed by atoms with van der Waals surface area (Å²) in [5.41, 5.74) is 1.64. The minimum Gasteiger partial charge on any atom is -0.453 e. The smallest absolute Gasteiger partial charge is 0.411 e. The molecule has 0 fully saturated rings. The maximum Gasteiger partial charge on any atom is 0.411 e. The molecule has 142 valence electrons. The summed E-state index contributed by atoms with van der Waals surface area (Å²) in [5, 5.41) is 8.33. The second kappa shape index (κ2) is 9.80. The molecular weight excluding hydrogens is 393 g/mol. The standard InChI is InChI=1S/C18H17Cl2N3O4/c1-27-18(26)23-13-5-2-11(3-6-13)9-21-16(24)10-22-17(25)14-7-4-12(19)8-15(14)20/h2-8H,9-10H2,1H3,(H,21,24)(H,22,25)(H,23,26). The van der Waals surface area contributed by atoms with Crippen molar-refractivity contribution in [2.24, 2.45) is 0 Å². The summed E-state index contributed by atoms with van der Waals surface area (Å²) in [4.78, 5) is 35.0. The van der Waals surface area contributed by atoms with Gasteiger partial charge in [0.2, 0.25) is 5.91 Å². The number of carbonyl (C=O) groups is 3. The van der Waals surface area contributed by atoms with Gasteiger partial charge in [0.1, 0.15) is 0 Å². The van der Waals surface area contributed by atoms with Crippen LogP contribution in [0.5, 0.6) is 0 Å². The molecule has 0 aliphatic rings. The third-order valence-electron chi connectivity index (χ3n) is 3.46. The first-order valence-corrected chi connectivity index (χ1v) is 8.58. The number of rotatable bonds is 6. The van der Waals surface area contributed by atoms with Crippen LogP contribution in [0.1, 0.15) is 15.9 Å². The average Bonchev–Trinajstić information content (AvgIpc) is 2.65. The van der Waals surface area contributed by atoms with Gasteiger partial charge < -0.3 is 15.4 Å². The Morgan fingerprint density at radius 1 is 1.00 bits per heavy atom. The van der Waals surface area contributed by atoms with Crippen LogP contribution in [0.2, 0.25) is 10.0 Å². The maximum atomic E-state index is 12.0. The van der Waals surface area contributed by atoms with Crippen LogP contribution in [0.4, 0.5) is 10.5 Å². The predicted octanol–water partition coefficient (Wildman–Crippen LogP) is 3.22. The van der Waals surface area contributed by atoms with Crippen LogP contribution < -0.4 is 16.0 Å². The first-order chi connectivity index (χ1) is 12.9. The molecule has 0 spiro atoms. The Kier molecular flexibility index (Phi) is 7.45. The average molecular weight is 410 g/mol. The Labute approximate surface area is 166 Å². The Morgan fingerprint density at radius 2 is 1.70 bits per heavy atom. The molecule has 0 bridgehead atoms. The van der Waals surface area contributed by atoms with Crippen LogP contribution >= 0.6 is 23.2 Å². The molecule has 9 heteroatoms. The quantitative estimate of drug-likeness (QED) is 0.682.